The maximum absolute atomic E-state index is 13.2. The van der Waals surface area contributed by atoms with Gasteiger partial charge in [0.1, 0.15) is 5.82 Å². The zero-order valence-electron chi connectivity index (χ0n) is 16.0. The molecule has 4 heteroatoms. The summed E-state index contributed by atoms with van der Waals surface area (Å²) < 4.78 is 18.7. The Morgan fingerprint density at radius 1 is 0.923 bits per heavy atom. The van der Waals surface area contributed by atoms with Gasteiger partial charge in [0, 0.05) is 26.2 Å². The SMILES string of the molecule is Cc1ccc(CN(Cc2ccc(F)cc2)C[C@@H](O)COCC(C)C)cc1. The van der Waals surface area contributed by atoms with Gasteiger partial charge in [0.2, 0.25) is 0 Å². The van der Waals surface area contributed by atoms with Crippen molar-refractivity contribution >= 4 is 0 Å². The molecule has 0 aromatic heterocycles. The molecule has 0 heterocycles. The molecule has 142 valence electrons. The molecule has 0 fully saturated rings. The summed E-state index contributed by atoms with van der Waals surface area (Å²) in [4.78, 5) is 2.17. The molecule has 0 saturated carbocycles. The van der Waals surface area contributed by atoms with E-state index in [2.05, 4.69) is 49.9 Å². The van der Waals surface area contributed by atoms with Crippen molar-refractivity contribution in [2.45, 2.75) is 40.0 Å². The third-order valence-corrected chi connectivity index (χ3v) is 4.08. The van der Waals surface area contributed by atoms with Crippen LogP contribution in [0.3, 0.4) is 0 Å². The van der Waals surface area contributed by atoms with Gasteiger partial charge in [-0.2, -0.15) is 0 Å². The maximum atomic E-state index is 13.2. The number of hydrogen-bond donors (Lipinski definition) is 1. The van der Waals surface area contributed by atoms with Crippen LogP contribution in [0.5, 0.6) is 0 Å². The van der Waals surface area contributed by atoms with E-state index in [0.717, 1.165) is 12.1 Å². The van der Waals surface area contributed by atoms with Crippen molar-refractivity contribution in [3.8, 4) is 0 Å². The Morgan fingerprint density at radius 3 is 2.00 bits per heavy atom. The first kappa shape index (κ1) is 20.6. The van der Waals surface area contributed by atoms with Crippen molar-refractivity contribution in [1.82, 2.24) is 4.90 Å². The van der Waals surface area contributed by atoms with E-state index in [4.69, 9.17) is 4.74 Å². The highest BCUT2D eigenvalue weighted by atomic mass is 19.1. The predicted octanol–water partition coefficient (Wildman–Crippen LogP) is 4.17. The molecule has 1 N–H and O–H groups in total. The zero-order valence-corrected chi connectivity index (χ0v) is 16.0. The molecular formula is C22H30FNO2. The number of aliphatic hydroxyl groups excluding tert-OH is 1. The molecule has 0 amide bonds. The lowest BCUT2D eigenvalue weighted by Gasteiger charge is -2.25. The molecule has 0 saturated heterocycles. The zero-order chi connectivity index (χ0) is 18.9. The quantitative estimate of drug-likeness (QED) is 0.691. The number of nitrogens with zero attached hydrogens (tertiary/aromatic N) is 1. The van der Waals surface area contributed by atoms with Crippen molar-refractivity contribution in [2.24, 2.45) is 5.92 Å². The number of hydrogen-bond acceptors (Lipinski definition) is 3. The summed E-state index contributed by atoms with van der Waals surface area (Å²) in [6, 6.07) is 14.9. The topological polar surface area (TPSA) is 32.7 Å². The molecule has 0 radical (unpaired) electrons. The predicted molar refractivity (Wildman–Crippen MR) is 103 cm³/mol. The molecule has 0 aliphatic heterocycles. The molecule has 2 rings (SSSR count). The normalized spacial score (nSPS) is 12.7. The van der Waals surface area contributed by atoms with Gasteiger partial charge < -0.3 is 9.84 Å². The molecule has 0 aliphatic rings. The van der Waals surface area contributed by atoms with E-state index in [1.165, 1.54) is 23.3 Å². The Labute approximate surface area is 156 Å². The first-order chi connectivity index (χ1) is 12.4. The molecule has 0 spiro atoms. The number of aryl methyl sites for hydroxylation is 1. The van der Waals surface area contributed by atoms with E-state index in [1.54, 1.807) is 12.1 Å². The second-order valence-corrected chi connectivity index (χ2v) is 7.37. The second-order valence-electron chi connectivity index (χ2n) is 7.37. The minimum Gasteiger partial charge on any atom is -0.389 e. The minimum atomic E-state index is -0.556. The lowest BCUT2D eigenvalue weighted by atomic mass is 10.1. The van der Waals surface area contributed by atoms with Crippen molar-refractivity contribution in [1.29, 1.82) is 0 Å². The second kappa shape index (κ2) is 10.4. The van der Waals surface area contributed by atoms with Gasteiger partial charge in [0.15, 0.2) is 0 Å². The van der Waals surface area contributed by atoms with E-state index in [9.17, 15) is 9.50 Å². The first-order valence-electron chi connectivity index (χ1n) is 9.20. The third kappa shape index (κ3) is 7.65. The fraction of sp³-hybridized carbons (Fsp3) is 0.455. The lowest BCUT2D eigenvalue weighted by molar-refractivity contribution is 0.00554. The summed E-state index contributed by atoms with van der Waals surface area (Å²) >= 11 is 0. The highest BCUT2D eigenvalue weighted by Gasteiger charge is 2.14. The van der Waals surface area contributed by atoms with Gasteiger partial charge >= 0.3 is 0 Å². The van der Waals surface area contributed by atoms with Crippen molar-refractivity contribution in [3.05, 3.63) is 71.0 Å². The Kier molecular flexibility index (Phi) is 8.23. The van der Waals surface area contributed by atoms with Crippen LogP contribution in [0.2, 0.25) is 0 Å². The molecule has 3 nitrogen and oxygen atoms in total. The van der Waals surface area contributed by atoms with Crippen LogP contribution in [0.15, 0.2) is 48.5 Å². The fourth-order valence-electron chi connectivity index (χ4n) is 2.78. The molecule has 2 aromatic rings. The molecule has 1 atom stereocenters. The van der Waals surface area contributed by atoms with E-state index in [1.807, 2.05) is 0 Å². The average Bonchev–Trinajstić information content (AvgIpc) is 2.58. The summed E-state index contributed by atoms with van der Waals surface area (Å²) in [5.41, 5.74) is 3.43. The maximum Gasteiger partial charge on any atom is 0.123 e. The highest BCUT2D eigenvalue weighted by Crippen LogP contribution is 2.13. The standard InChI is InChI=1S/C22H30FNO2/c1-17(2)15-26-16-22(25)14-24(12-19-6-4-18(3)5-7-19)13-20-8-10-21(23)11-9-20/h4-11,17,22,25H,12-16H2,1-3H3/t22-/m1/s1. The van der Waals surface area contributed by atoms with E-state index in [-0.39, 0.29) is 5.82 Å². The Hall–Kier alpha value is -1.75. The number of rotatable bonds is 10. The monoisotopic (exact) mass is 359 g/mol. The van der Waals surface area contributed by atoms with Crippen molar-refractivity contribution < 1.29 is 14.2 Å². The van der Waals surface area contributed by atoms with Gasteiger partial charge in [-0.1, -0.05) is 55.8 Å². The van der Waals surface area contributed by atoms with Crippen LogP contribution in [-0.2, 0) is 17.8 Å². The number of halogens is 1. The van der Waals surface area contributed by atoms with E-state index in [0.29, 0.717) is 32.2 Å². The summed E-state index contributed by atoms with van der Waals surface area (Å²) in [6.45, 7) is 9.09. The van der Waals surface area contributed by atoms with Gasteiger partial charge in [-0.25, -0.2) is 4.39 Å². The van der Waals surface area contributed by atoms with Gasteiger partial charge in [0.05, 0.1) is 12.7 Å². The molecule has 0 unspecified atom stereocenters. The molecule has 2 aromatic carbocycles. The Balaban J connectivity index is 1.99. The number of aliphatic hydroxyl groups is 1. The summed E-state index contributed by atoms with van der Waals surface area (Å²) in [6.07, 6.45) is -0.556. The largest absolute Gasteiger partial charge is 0.389 e. The van der Waals surface area contributed by atoms with Crippen molar-refractivity contribution in [3.63, 3.8) is 0 Å². The number of ether oxygens (including phenoxy) is 1. The average molecular weight is 359 g/mol. The minimum absolute atomic E-state index is 0.235. The fourth-order valence-corrected chi connectivity index (χ4v) is 2.78. The van der Waals surface area contributed by atoms with Crippen LogP contribution < -0.4 is 0 Å². The molecule has 0 bridgehead atoms. The van der Waals surface area contributed by atoms with Gasteiger partial charge in [-0.15, -0.1) is 0 Å². The lowest BCUT2D eigenvalue weighted by Crippen LogP contribution is -2.34. The summed E-state index contributed by atoms with van der Waals surface area (Å²) in [5.74, 6) is 0.214. The Bertz CT molecular complexity index is 593. The van der Waals surface area contributed by atoms with Crippen LogP contribution in [0.4, 0.5) is 4.39 Å². The van der Waals surface area contributed by atoms with Crippen LogP contribution in [-0.4, -0.2) is 35.9 Å². The van der Waals surface area contributed by atoms with Gasteiger partial charge in [-0.05, 0) is 36.1 Å². The highest BCUT2D eigenvalue weighted by molar-refractivity contribution is 5.22. The third-order valence-electron chi connectivity index (χ3n) is 4.08. The summed E-state index contributed by atoms with van der Waals surface area (Å²) in [7, 11) is 0. The van der Waals surface area contributed by atoms with Gasteiger partial charge in [0.25, 0.3) is 0 Å². The smallest absolute Gasteiger partial charge is 0.123 e. The van der Waals surface area contributed by atoms with E-state index < -0.39 is 6.10 Å². The summed E-state index contributed by atoms with van der Waals surface area (Å²) in [5, 5.41) is 10.4. The van der Waals surface area contributed by atoms with E-state index >= 15 is 0 Å². The molecule has 26 heavy (non-hydrogen) atoms. The molecule has 0 aliphatic carbocycles. The van der Waals surface area contributed by atoms with Crippen LogP contribution in [0.25, 0.3) is 0 Å². The van der Waals surface area contributed by atoms with Gasteiger partial charge in [-0.3, -0.25) is 4.90 Å². The first-order valence-corrected chi connectivity index (χ1v) is 9.20. The van der Waals surface area contributed by atoms with Crippen LogP contribution >= 0.6 is 0 Å². The van der Waals surface area contributed by atoms with Crippen LogP contribution in [0.1, 0.15) is 30.5 Å². The number of benzene rings is 2. The van der Waals surface area contributed by atoms with Crippen molar-refractivity contribution in [2.75, 3.05) is 19.8 Å². The Morgan fingerprint density at radius 2 is 1.46 bits per heavy atom. The van der Waals surface area contributed by atoms with Crippen LogP contribution in [0, 0.1) is 18.7 Å². The molecular weight excluding hydrogens is 329 g/mol.